The molecule has 0 aliphatic rings. The van der Waals surface area contributed by atoms with Gasteiger partial charge in [-0.15, -0.1) is 0 Å². The van der Waals surface area contributed by atoms with Crippen LogP contribution < -0.4 is 4.74 Å². The molecule has 4 heteroatoms. The van der Waals surface area contributed by atoms with E-state index in [0.29, 0.717) is 18.1 Å². The van der Waals surface area contributed by atoms with Gasteiger partial charge in [0.2, 0.25) is 5.58 Å². The van der Waals surface area contributed by atoms with Crippen LogP contribution in [0.3, 0.4) is 0 Å². The third kappa shape index (κ3) is 1.01. The van der Waals surface area contributed by atoms with Crippen molar-refractivity contribution < 1.29 is 9.26 Å². The van der Waals surface area contributed by atoms with Crippen molar-refractivity contribution in [3.05, 3.63) is 18.5 Å². The minimum Gasteiger partial charge on any atom is -0.475 e. The molecule has 0 N–H and O–H groups in total. The Kier molecular flexibility index (Phi) is 1.66. The van der Waals surface area contributed by atoms with Gasteiger partial charge in [-0.05, 0) is 13.0 Å². The normalized spacial score (nSPS) is 10.4. The highest BCUT2D eigenvalue weighted by atomic mass is 16.5. The average molecular weight is 164 g/mol. The highest BCUT2D eigenvalue weighted by Gasteiger charge is 2.06. The second-order valence-corrected chi connectivity index (χ2v) is 2.29. The Labute approximate surface area is 69.1 Å². The van der Waals surface area contributed by atoms with Crippen molar-refractivity contribution in [2.45, 2.75) is 6.92 Å². The first-order valence-electron chi connectivity index (χ1n) is 3.74. The molecular weight excluding hydrogens is 156 g/mol. The second kappa shape index (κ2) is 2.81. The number of ether oxygens (including phenoxy) is 1. The Morgan fingerprint density at radius 2 is 2.50 bits per heavy atom. The topological polar surface area (TPSA) is 48.2 Å². The van der Waals surface area contributed by atoms with Gasteiger partial charge in [-0.1, -0.05) is 5.16 Å². The Hall–Kier alpha value is -1.58. The lowest BCUT2D eigenvalue weighted by atomic mass is 10.3. The quantitative estimate of drug-likeness (QED) is 0.676. The van der Waals surface area contributed by atoms with Crippen molar-refractivity contribution in [3.8, 4) is 5.88 Å². The zero-order chi connectivity index (χ0) is 8.39. The molecule has 0 radical (unpaired) electrons. The molecule has 2 rings (SSSR count). The molecule has 0 atom stereocenters. The SMILES string of the molecule is CCOc1nccc2cnoc12. The van der Waals surface area contributed by atoms with E-state index in [-0.39, 0.29) is 0 Å². The van der Waals surface area contributed by atoms with Crippen LogP contribution >= 0.6 is 0 Å². The summed E-state index contributed by atoms with van der Waals surface area (Å²) in [4.78, 5) is 4.01. The summed E-state index contributed by atoms with van der Waals surface area (Å²) in [6.07, 6.45) is 3.31. The van der Waals surface area contributed by atoms with Crippen LogP contribution in [0, 0.1) is 0 Å². The van der Waals surface area contributed by atoms with Gasteiger partial charge in [0.05, 0.1) is 12.8 Å². The van der Waals surface area contributed by atoms with E-state index in [1.54, 1.807) is 12.4 Å². The first kappa shape index (κ1) is 7.09. The summed E-state index contributed by atoms with van der Waals surface area (Å²) in [5, 5.41) is 4.56. The van der Waals surface area contributed by atoms with Crippen LogP contribution in [0.1, 0.15) is 6.92 Å². The highest BCUT2D eigenvalue weighted by Crippen LogP contribution is 2.21. The molecule has 4 nitrogen and oxygen atoms in total. The highest BCUT2D eigenvalue weighted by molar-refractivity contribution is 5.79. The summed E-state index contributed by atoms with van der Waals surface area (Å²) in [5.41, 5.74) is 0.611. The van der Waals surface area contributed by atoms with Gasteiger partial charge >= 0.3 is 0 Å². The molecule has 0 spiro atoms. The fourth-order valence-corrected chi connectivity index (χ4v) is 1.01. The molecule has 0 bridgehead atoms. The van der Waals surface area contributed by atoms with E-state index in [4.69, 9.17) is 9.26 Å². The van der Waals surface area contributed by atoms with Crippen LogP contribution in [0.5, 0.6) is 5.88 Å². The second-order valence-electron chi connectivity index (χ2n) is 2.29. The van der Waals surface area contributed by atoms with Crippen molar-refractivity contribution >= 4 is 11.0 Å². The Morgan fingerprint density at radius 3 is 3.33 bits per heavy atom. The Morgan fingerprint density at radius 1 is 1.58 bits per heavy atom. The molecule has 0 aliphatic carbocycles. The fraction of sp³-hybridized carbons (Fsp3) is 0.250. The molecular formula is C8H8N2O2. The summed E-state index contributed by atoms with van der Waals surface area (Å²) >= 11 is 0. The number of fused-ring (bicyclic) bond motifs is 1. The van der Waals surface area contributed by atoms with Crippen molar-refractivity contribution in [2.75, 3.05) is 6.61 Å². The van der Waals surface area contributed by atoms with Crippen molar-refractivity contribution in [2.24, 2.45) is 0 Å². The smallest absolute Gasteiger partial charge is 0.261 e. The minimum absolute atomic E-state index is 0.507. The lowest BCUT2D eigenvalue weighted by molar-refractivity contribution is 0.320. The predicted molar refractivity (Wildman–Crippen MR) is 43.0 cm³/mol. The summed E-state index contributed by atoms with van der Waals surface area (Å²) in [7, 11) is 0. The van der Waals surface area contributed by atoms with Gasteiger partial charge in [0, 0.05) is 11.6 Å². The third-order valence-electron chi connectivity index (χ3n) is 1.52. The van der Waals surface area contributed by atoms with E-state index in [0.717, 1.165) is 5.39 Å². The van der Waals surface area contributed by atoms with Crippen molar-refractivity contribution in [1.82, 2.24) is 10.1 Å². The monoisotopic (exact) mass is 164 g/mol. The van der Waals surface area contributed by atoms with E-state index in [1.165, 1.54) is 0 Å². The molecule has 2 aromatic heterocycles. The van der Waals surface area contributed by atoms with Crippen LogP contribution in [0.25, 0.3) is 11.0 Å². The Balaban J connectivity index is 2.57. The average Bonchev–Trinajstić information content (AvgIpc) is 2.53. The zero-order valence-corrected chi connectivity index (χ0v) is 6.65. The Bertz CT molecular complexity index is 383. The van der Waals surface area contributed by atoms with Crippen LogP contribution in [-0.2, 0) is 0 Å². The number of hydrogen-bond acceptors (Lipinski definition) is 4. The first-order chi connectivity index (χ1) is 5.92. The van der Waals surface area contributed by atoms with Crippen LogP contribution in [0.2, 0.25) is 0 Å². The van der Waals surface area contributed by atoms with E-state index in [1.807, 2.05) is 13.0 Å². The minimum atomic E-state index is 0.507. The lowest BCUT2D eigenvalue weighted by Crippen LogP contribution is -1.93. The molecule has 0 unspecified atom stereocenters. The number of aromatic nitrogens is 2. The molecule has 0 saturated heterocycles. The molecule has 62 valence electrons. The number of pyridine rings is 1. The molecule has 0 fully saturated rings. The van der Waals surface area contributed by atoms with Gasteiger partial charge in [-0.3, -0.25) is 0 Å². The number of nitrogens with zero attached hydrogens (tertiary/aromatic N) is 2. The maximum Gasteiger partial charge on any atom is 0.261 e. The maximum atomic E-state index is 5.23. The molecule has 2 heterocycles. The lowest BCUT2D eigenvalue weighted by Gasteiger charge is -1.99. The van der Waals surface area contributed by atoms with Gasteiger partial charge in [0.1, 0.15) is 0 Å². The predicted octanol–water partition coefficient (Wildman–Crippen LogP) is 1.62. The molecule has 0 aliphatic heterocycles. The summed E-state index contributed by atoms with van der Waals surface area (Å²) in [5.74, 6) is 0.507. The zero-order valence-electron chi connectivity index (χ0n) is 6.65. The molecule has 0 saturated carbocycles. The maximum absolute atomic E-state index is 5.23. The first-order valence-corrected chi connectivity index (χ1v) is 3.74. The standard InChI is InChI=1S/C8H8N2O2/c1-2-11-8-7-6(3-4-9-8)5-10-12-7/h3-5H,2H2,1H3. The fourth-order valence-electron chi connectivity index (χ4n) is 1.01. The van der Waals surface area contributed by atoms with Gasteiger partial charge in [0.15, 0.2) is 0 Å². The van der Waals surface area contributed by atoms with E-state index < -0.39 is 0 Å². The largest absolute Gasteiger partial charge is 0.475 e. The van der Waals surface area contributed by atoms with Crippen LogP contribution in [0.15, 0.2) is 23.0 Å². The molecule has 0 amide bonds. The van der Waals surface area contributed by atoms with Crippen LogP contribution in [-0.4, -0.2) is 16.7 Å². The summed E-state index contributed by atoms with van der Waals surface area (Å²) in [6.45, 7) is 2.48. The summed E-state index contributed by atoms with van der Waals surface area (Å²) in [6, 6.07) is 1.83. The van der Waals surface area contributed by atoms with Crippen molar-refractivity contribution in [1.29, 1.82) is 0 Å². The molecule has 2 aromatic rings. The molecule has 12 heavy (non-hydrogen) atoms. The van der Waals surface area contributed by atoms with Gasteiger partial charge in [0.25, 0.3) is 5.88 Å². The van der Waals surface area contributed by atoms with Gasteiger partial charge < -0.3 is 9.26 Å². The number of hydrogen-bond donors (Lipinski definition) is 0. The van der Waals surface area contributed by atoms with E-state index in [2.05, 4.69) is 10.1 Å². The van der Waals surface area contributed by atoms with Gasteiger partial charge in [-0.2, -0.15) is 0 Å². The molecule has 0 aromatic carbocycles. The van der Waals surface area contributed by atoms with Crippen LogP contribution in [0.4, 0.5) is 0 Å². The van der Waals surface area contributed by atoms with Crippen molar-refractivity contribution in [3.63, 3.8) is 0 Å². The number of rotatable bonds is 2. The van der Waals surface area contributed by atoms with E-state index >= 15 is 0 Å². The van der Waals surface area contributed by atoms with Gasteiger partial charge in [-0.25, -0.2) is 4.98 Å². The third-order valence-corrected chi connectivity index (χ3v) is 1.52. The summed E-state index contributed by atoms with van der Waals surface area (Å²) < 4.78 is 10.2. The van der Waals surface area contributed by atoms with E-state index in [9.17, 15) is 0 Å².